The van der Waals surface area contributed by atoms with Gasteiger partial charge in [-0.2, -0.15) is 0 Å². The molecule has 0 saturated heterocycles. The highest BCUT2D eigenvalue weighted by Crippen LogP contribution is 2.32. The van der Waals surface area contributed by atoms with Crippen LogP contribution in [0.15, 0.2) is 29.8 Å². The lowest BCUT2D eigenvalue weighted by molar-refractivity contribution is -0.00941. The summed E-state index contributed by atoms with van der Waals surface area (Å²) in [5.74, 6) is 1.60. The molecule has 1 aliphatic heterocycles. The van der Waals surface area contributed by atoms with E-state index in [4.69, 9.17) is 18.9 Å². The molecule has 0 atom stereocenters. The second-order valence-corrected chi connectivity index (χ2v) is 6.12. The van der Waals surface area contributed by atoms with Crippen LogP contribution in [0.3, 0.4) is 0 Å². The molecule has 0 saturated carbocycles. The Labute approximate surface area is 133 Å². The molecule has 0 spiro atoms. The van der Waals surface area contributed by atoms with Crippen molar-refractivity contribution in [3.05, 3.63) is 35.4 Å². The molecule has 1 aromatic rings. The first-order valence-corrected chi connectivity index (χ1v) is 7.76. The van der Waals surface area contributed by atoms with Crippen molar-refractivity contribution < 1.29 is 18.9 Å². The molecule has 4 nitrogen and oxygen atoms in total. The molecule has 0 radical (unpaired) electrons. The number of hydrogen-bond donors (Lipinski definition) is 0. The van der Waals surface area contributed by atoms with Gasteiger partial charge in [0.15, 0.2) is 11.5 Å². The van der Waals surface area contributed by atoms with E-state index in [1.165, 1.54) is 5.57 Å². The van der Waals surface area contributed by atoms with Crippen LogP contribution in [0.5, 0.6) is 11.5 Å². The van der Waals surface area contributed by atoms with Crippen molar-refractivity contribution in [2.75, 3.05) is 20.0 Å². The number of benzene rings is 1. The summed E-state index contributed by atoms with van der Waals surface area (Å²) in [6, 6.07) is 5.89. The molecule has 1 aromatic carbocycles. The normalized spacial score (nSPS) is 14.5. The van der Waals surface area contributed by atoms with Gasteiger partial charge in [0.2, 0.25) is 6.79 Å². The Hall–Kier alpha value is -1.52. The Morgan fingerprint density at radius 2 is 2.05 bits per heavy atom. The predicted molar refractivity (Wildman–Crippen MR) is 86.3 cm³/mol. The summed E-state index contributed by atoms with van der Waals surface area (Å²) >= 11 is 0. The summed E-state index contributed by atoms with van der Waals surface area (Å²) in [5, 5.41) is 0. The summed E-state index contributed by atoms with van der Waals surface area (Å²) in [7, 11) is 0. The quantitative estimate of drug-likeness (QED) is 0.535. The van der Waals surface area contributed by atoms with Crippen LogP contribution in [0.1, 0.15) is 39.7 Å². The highest BCUT2D eigenvalue weighted by molar-refractivity contribution is 5.44. The van der Waals surface area contributed by atoms with E-state index in [-0.39, 0.29) is 5.60 Å². The van der Waals surface area contributed by atoms with Crippen LogP contribution in [0.2, 0.25) is 0 Å². The van der Waals surface area contributed by atoms with E-state index in [1.807, 2.05) is 25.1 Å². The molecule has 2 rings (SSSR count). The van der Waals surface area contributed by atoms with Crippen LogP contribution in [0.25, 0.3) is 0 Å². The third-order valence-corrected chi connectivity index (χ3v) is 3.49. The molecule has 0 aromatic heterocycles. The lowest BCUT2D eigenvalue weighted by Crippen LogP contribution is -2.24. The maximum Gasteiger partial charge on any atom is 0.231 e. The molecule has 0 bridgehead atoms. The second-order valence-electron chi connectivity index (χ2n) is 6.12. The van der Waals surface area contributed by atoms with E-state index in [9.17, 15) is 0 Å². The second kappa shape index (κ2) is 7.65. The fourth-order valence-corrected chi connectivity index (χ4v) is 2.59. The van der Waals surface area contributed by atoms with Gasteiger partial charge in [-0.3, -0.25) is 0 Å². The van der Waals surface area contributed by atoms with Gasteiger partial charge in [0.25, 0.3) is 0 Å². The topological polar surface area (TPSA) is 36.9 Å². The van der Waals surface area contributed by atoms with E-state index in [0.717, 1.165) is 30.1 Å². The lowest BCUT2D eigenvalue weighted by atomic mass is 9.99. The molecule has 1 aliphatic rings. The Kier molecular flexibility index (Phi) is 5.86. The zero-order valence-electron chi connectivity index (χ0n) is 14.0. The monoisotopic (exact) mass is 306 g/mol. The largest absolute Gasteiger partial charge is 0.454 e. The van der Waals surface area contributed by atoms with Gasteiger partial charge < -0.3 is 18.9 Å². The van der Waals surface area contributed by atoms with Crippen LogP contribution in [0, 0.1) is 0 Å². The third-order valence-electron chi connectivity index (χ3n) is 3.49. The fraction of sp³-hybridized carbons (Fsp3) is 0.556. The number of fused-ring (bicyclic) bond motifs is 1. The highest BCUT2D eigenvalue weighted by Gasteiger charge is 2.17. The molecular formula is C18H26O4. The molecule has 0 amide bonds. The van der Waals surface area contributed by atoms with E-state index >= 15 is 0 Å². The number of ether oxygens (including phenoxy) is 4. The molecular weight excluding hydrogens is 280 g/mol. The van der Waals surface area contributed by atoms with E-state index in [1.54, 1.807) is 0 Å². The smallest absolute Gasteiger partial charge is 0.231 e. The van der Waals surface area contributed by atoms with Crippen LogP contribution in [0.4, 0.5) is 0 Å². The van der Waals surface area contributed by atoms with Gasteiger partial charge in [0.05, 0.1) is 18.8 Å². The standard InChI is InChI=1S/C18H26O4/c1-5-22-18(3,4)11-14(2)8-9-19-12-15-6-7-16-17(10-15)21-13-20-16/h6-8,10H,5,9,11-13H2,1-4H3. The van der Waals surface area contributed by atoms with Gasteiger partial charge in [-0.05, 0) is 51.8 Å². The number of hydrogen-bond acceptors (Lipinski definition) is 4. The van der Waals surface area contributed by atoms with Crippen molar-refractivity contribution >= 4 is 0 Å². The first kappa shape index (κ1) is 16.8. The molecule has 22 heavy (non-hydrogen) atoms. The molecule has 4 heteroatoms. The Morgan fingerprint density at radius 1 is 1.27 bits per heavy atom. The summed E-state index contributed by atoms with van der Waals surface area (Å²) in [6.45, 7) is 10.6. The Bertz CT molecular complexity index is 520. The van der Waals surface area contributed by atoms with Crippen molar-refractivity contribution in [1.82, 2.24) is 0 Å². The van der Waals surface area contributed by atoms with Gasteiger partial charge in [-0.25, -0.2) is 0 Å². The molecule has 1 heterocycles. The van der Waals surface area contributed by atoms with Crippen molar-refractivity contribution in [2.45, 2.75) is 46.3 Å². The van der Waals surface area contributed by atoms with E-state index in [2.05, 4.69) is 26.8 Å². The summed E-state index contributed by atoms with van der Waals surface area (Å²) < 4.78 is 22.1. The van der Waals surface area contributed by atoms with Crippen LogP contribution in [-0.2, 0) is 16.1 Å². The first-order chi connectivity index (χ1) is 10.5. The summed E-state index contributed by atoms with van der Waals surface area (Å²) in [6.07, 6.45) is 3.03. The first-order valence-electron chi connectivity index (χ1n) is 7.76. The molecule has 0 unspecified atom stereocenters. The average Bonchev–Trinajstić information content (AvgIpc) is 2.90. The minimum atomic E-state index is -0.118. The van der Waals surface area contributed by atoms with E-state index in [0.29, 0.717) is 20.0 Å². The predicted octanol–water partition coefficient (Wildman–Crippen LogP) is 4.08. The van der Waals surface area contributed by atoms with Gasteiger partial charge >= 0.3 is 0 Å². The van der Waals surface area contributed by atoms with Crippen LogP contribution in [-0.4, -0.2) is 25.6 Å². The van der Waals surface area contributed by atoms with Gasteiger partial charge in [0, 0.05) is 6.61 Å². The van der Waals surface area contributed by atoms with Crippen LogP contribution >= 0.6 is 0 Å². The maximum atomic E-state index is 5.71. The minimum Gasteiger partial charge on any atom is -0.454 e. The van der Waals surface area contributed by atoms with Crippen molar-refractivity contribution in [1.29, 1.82) is 0 Å². The molecule has 0 fully saturated rings. The third kappa shape index (κ3) is 5.04. The number of rotatable bonds is 8. The molecule has 122 valence electrons. The average molecular weight is 306 g/mol. The zero-order chi connectivity index (χ0) is 16.0. The van der Waals surface area contributed by atoms with Gasteiger partial charge in [-0.1, -0.05) is 17.7 Å². The Balaban J connectivity index is 1.75. The fourth-order valence-electron chi connectivity index (χ4n) is 2.59. The molecule has 0 N–H and O–H groups in total. The Morgan fingerprint density at radius 3 is 2.82 bits per heavy atom. The van der Waals surface area contributed by atoms with Gasteiger partial charge in [-0.15, -0.1) is 0 Å². The summed E-state index contributed by atoms with van der Waals surface area (Å²) in [5.41, 5.74) is 2.25. The van der Waals surface area contributed by atoms with Crippen molar-refractivity contribution in [3.8, 4) is 11.5 Å². The van der Waals surface area contributed by atoms with Gasteiger partial charge in [0.1, 0.15) is 0 Å². The van der Waals surface area contributed by atoms with Crippen molar-refractivity contribution in [2.24, 2.45) is 0 Å². The maximum absolute atomic E-state index is 5.71. The SMILES string of the molecule is CCOC(C)(C)CC(C)=CCOCc1ccc2c(c1)OCO2. The van der Waals surface area contributed by atoms with Crippen LogP contribution < -0.4 is 9.47 Å². The zero-order valence-corrected chi connectivity index (χ0v) is 14.0. The minimum absolute atomic E-state index is 0.118. The highest BCUT2D eigenvalue weighted by atomic mass is 16.7. The summed E-state index contributed by atoms with van der Waals surface area (Å²) in [4.78, 5) is 0. The molecule has 0 aliphatic carbocycles. The lowest BCUT2D eigenvalue weighted by Gasteiger charge is -2.25. The van der Waals surface area contributed by atoms with Crippen molar-refractivity contribution in [3.63, 3.8) is 0 Å². The van der Waals surface area contributed by atoms with E-state index < -0.39 is 0 Å².